The fraction of sp³-hybridized carbons (Fsp3) is 0.167. The maximum Gasteiger partial charge on any atom is 0.0806 e. The molecule has 0 saturated heterocycles. The highest BCUT2D eigenvalue weighted by Gasteiger charge is 2.12. The van der Waals surface area contributed by atoms with Gasteiger partial charge in [0.2, 0.25) is 0 Å². The number of hydrogen-bond donors (Lipinski definition) is 1. The average molecular weight is 303 g/mol. The summed E-state index contributed by atoms with van der Waals surface area (Å²) in [5, 5.41) is 4.65. The highest BCUT2D eigenvalue weighted by molar-refractivity contribution is 6.41. The van der Waals surface area contributed by atoms with Crippen molar-refractivity contribution in [3.8, 4) is 0 Å². The molecule has 0 radical (unpaired) electrons. The molecule has 6 heteroatoms. The van der Waals surface area contributed by atoms with E-state index in [1.165, 1.54) is 0 Å². The van der Waals surface area contributed by atoms with Gasteiger partial charge >= 0.3 is 0 Å². The third-order valence-electron chi connectivity index (χ3n) is 2.39. The Balaban J connectivity index is 2.25. The minimum atomic E-state index is -0.0603. The van der Waals surface area contributed by atoms with Crippen LogP contribution in [0.2, 0.25) is 15.1 Å². The predicted molar refractivity (Wildman–Crippen MR) is 75.5 cm³/mol. The number of anilines is 1. The van der Waals surface area contributed by atoms with Crippen LogP contribution in [-0.4, -0.2) is 9.97 Å². The molecule has 1 aromatic carbocycles. The molecule has 18 heavy (non-hydrogen) atoms. The number of halogens is 3. The molecule has 0 saturated carbocycles. The van der Waals surface area contributed by atoms with E-state index in [0.717, 1.165) is 5.69 Å². The molecule has 0 aliphatic rings. The Bertz CT molecular complexity index is 523. The fourth-order valence-corrected chi connectivity index (χ4v) is 2.43. The summed E-state index contributed by atoms with van der Waals surface area (Å²) in [5.41, 5.74) is 1.44. The van der Waals surface area contributed by atoms with Crippen molar-refractivity contribution in [3.63, 3.8) is 0 Å². The first kappa shape index (κ1) is 13.4. The van der Waals surface area contributed by atoms with Crippen LogP contribution in [0.15, 0.2) is 30.7 Å². The van der Waals surface area contributed by atoms with Crippen LogP contribution in [0.25, 0.3) is 0 Å². The highest BCUT2D eigenvalue weighted by atomic mass is 35.5. The molecule has 0 bridgehead atoms. The molecule has 0 amide bonds. The van der Waals surface area contributed by atoms with Crippen molar-refractivity contribution in [1.29, 1.82) is 0 Å². The molecule has 1 atom stereocenters. The summed E-state index contributed by atoms with van der Waals surface area (Å²) < 4.78 is 0. The van der Waals surface area contributed by atoms with Crippen molar-refractivity contribution in [2.75, 3.05) is 5.32 Å². The molecule has 1 aromatic heterocycles. The monoisotopic (exact) mass is 301 g/mol. The Labute approximate surface area is 120 Å². The lowest BCUT2D eigenvalue weighted by Crippen LogP contribution is -2.09. The number of hydrogen-bond acceptors (Lipinski definition) is 3. The largest absolute Gasteiger partial charge is 0.374 e. The zero-order valence-electron chi connectivity index (χ0n) is 9.49. The minimum Gasteiger partial charge on any atom is -0.374 e. The van der Waals surface area contributed by atoms with Crippen molar-refractivity contribution in [3.05, 3.63) is 51.5 Å². The third-order valence-corrected chi connectivity index (χ3v) is 3.21. The second-order valence-electron chi connectivity index (χ2n) is 3.74. The topological polar surface area (TPSA) is 37.8 Å². The summed E-state index contributed by atoms with van der Waals surface area (Å²) >= 11 is 18.1. The Morgan fingerprint density at radius 1 is 1.11 bits per heavy atom. The van der Waals surface area contributed by atoms with Gasteiger partial charge in [0, 0.05) is 17.4 Å². The normalized spacial score (nSPS) is 12.2. The van der Waals surface area contributed by atoms with Crippen LogP contribution in [0.3, 0.4) is 0 Å². The van der Waals surface area contributed by atoms with Gasteiger partial charge in [-0.05, 0) is 19.1 Å². The van der Waals surface area contributed by atoms with E-state index >= 15 is 0 Å². The van der Waals surface area contributed by atoms with Crippen LogP contribution in [0, 0.1) is 0 Å². The summed E-state index contributed by atoms with van der Waals surface area (Å²) in [4.78, 5) is 8.23. The molecule has 0 spiro atoms. The van der Waals surface area contributed by atoms with E-state index in [0.29, 0.717) is 20.8 Å². The smallest absolute Gasteiger partial charge is 0.0806 e. The van der Waals surface area contributed by atoms with Crippen molar-refractivity contribution < 1.29 is 0 Å². The Morgan fingerprint density at radius 2 is 1.78 bits per heavy atom. The van der Waals surface area contributed by atoms with Gasteiger partial charge in [0.1, 0.15) is 0 Å². The van der Waals surface area contributed by atoms with Crippen LogP contribution in [0.5, 0.6) is 0 Å². The molecule has 2 aromatic rings. The molecule has 0 aliphatic heterocycles. The van der Waals surface area contributed by atoms with E-state index in [4.69, 9.17) is 34.8 Å². The van der Waals surface area contributed by atoms with Gasteiger partial charge in [-0.15, -0.1) is 0 Å². The van der Waals surface area contributed by atoms with E-state index in [1.807, 2.05) is 6.92 Å². The molecule has 94 valence electrons. The molecular weight excluding hydrogens is 293 g/mol. The molecular formula is C12H10Cl3N3. The number of nitrogens with zero attached hydrogens (tertiary/aromatic N) is 2. The number of aromatic nitrogens is 2. The van der Waals surface area contributed by atoms with Gasteiger partial charge in [0.25, 0.3) is 0 Å². The maximum atomic E-state index is 6.10. The summed E-state index contributed by atoms with van der Waals surface area (Å²) in [6.45, 7) is 1.95. The summed E-state index contributed by atoms with van der Waals surface area (Å²) in [5.74, 6) is 0. The lowest BCUT2D eigenvalue weighted by molar-refractivity contribution is 0.827. The highest BCUT2D eigenvalue weighted by Crippen LogP contribution is 2.35. The molecule has 0 aliphatic carbocycles. The Hall–Kier alpha value is -1.03. The van der Waals surface area contributed by atoms with E-state index in [2.05, 4.69) is 15.3 Å². The van der Waals surface area contributed by atoms with Gasteiger partial charge in [0.05, 0.1) is 33.7 Å². The summed E-state index contributed by atoms with van der Waals surface area (Å²) in [6.07, 6.45) is 4.95. The van der Waals surface area contributed by atoms with Crippen LogP contribution in [0.4, 0.5) is 5.69 Å². The molecule has 3 nitrogen and oxygen atoms in total. The van der Waals surface area contributed by atoms with Crippen molar-refractivity contribution in [2.24, 2.45) is 0 Å². The lowest BCUT2D eigenvalue weighted by Gasteiger charge is -2.16. The van der Waals surface area contributed by atoms with Crippen molar-refractivity contribution in [1.82, 2.24) is 9.97 Å². The first-order valence-corrected chi connectivity index (χ1v) is 6.38. The molecule has 1 heterocycles. The average Bonchev–Trinajstić information content (AvgIpc) is 2.34. The van der Waals surface area contributed by atoms with Crippen LogP contribution >= 0.6 is 34.8 Å². The standard InChI is InChI=1S/C12H10Cl3N3/c1-7(11-6-16-2-3-17-11)18-12-9(14)4-8(13)5-10(12)15/h2-7,18H,1H3. The Morgan fingerprint density at radius 3 is 2.33 bits per heavy atom. The van der Waals surface area contributed by atoms with Crippen LogP contribution in [0.1, 0.15) is 18.7 Å². The predicted octanol–water partition coefficient (Wildman–Crippen LogP) is 4.61. The maximum absolute atomic E-state index is 6.10. The van der Waals surface area contributed by atoms with Gasteiger partial charge in [-0.2, -0.15) is 0 Å². The minimum absolute atomic E-state index is 0.0603. The molecule has 2 rings (SSSR count). The quantitative estimate of drug-likeness (QED) is 0.899. The zero-order valence-corrected chi connectivity index (χ0v) is 11.8. The van der Waals surface area contributed by atoms with E-state index in [9.17, 15) is 0 Å². The van der Waals surface area contributed by atoms with Gasteiger partial charge < -0.3 is 5.32 Å². The van der Waals surface area contributed by atoms with Gasteiger partial charge in [-0.25, -0.2) is 0 Å². The van der Waals surface area contributed by atoms with Gasteiger partial charge in [0.15, 0.2) is 0 Å². The Kier molecular flexibility index (Phi) is 4.27. The van der Waals surface area contributed by atoms with E-state index in [1.54, 1.807) is 30.7 Å². The summed E-state index contributed by atoms with van der Waals surface area (Å²) in [6, 6.07) is 3.22. The second kappa shape index (κ2) is 5.74. The summed E-state index contributed by atoms with van der Waals surface area (Å²) in [7, 11) is 0. The SMILES string of the molecule is CC(Nc1c(Cl)cc(Cl)cc1Cl)c1cnccn1. The van der Waals surface area contributed by atoms with Crippen molar-refractivity contribution >= 4 is 40.5 Å². The van der Waals surface area contributed by atoms with Crippen molar-refractivity contribution in [2.45, 2.75) is 13.0 Å². The number of rotatable bonds is 3. The second-order valence-corrected chi connectivity index (χ2v) is 4.99. The number of benzene rings is 1. The lowest BCUT2D eigenvalue weighted by atomic mass is 10.2. The molecule has 0 fully saturated rings. The van der Waals surface area contributed by atoms with Gasteiger partial charge in [-0.1, -0.05) is 34.8 Å². The fourth-order valence-electron chi connectivity index (χ4n) is 1.50. The van der Waals surface area contributed by atoms with E-state index < -0.39 is 0 Å². The molecule has 1 N–H and O–H groups in total. The number of nitrogens with one attached hydrogen (secondary N) is 1. The van der Waals surface area contributed by atoms with Gasteiger partial charge in [-0.3, -0.25) is 9.97 Å². The first-order valence-electron chi connectivity index (χ1n) is 5.25. The first-order chi connectivity index (χ1) is 8.58. The van der Waals surface area contributed by atoms with Crippen LogP contribution in [-0.2, 0) is 0 Å². The van der Waals surface area contributed by atoms with E-state index in [-0.39, 0.29) is 6.04 Å². The molecule has 1 unspecified atom stereocenters. The zero-order chi connectivity index (χ0) is 13.1. The third kappa shape index (κ3) is 3.05. The van der Waals surface area contributed by atoms with Crippen LogP contribution < -0.4 is 5.32 Å².